The monoisotopic (exact) mass is 334 g/mol. The Morgan fingerprint density at radius 3 is 2.48 bits per heavy atom. The van der Waals surface area contributed by atoms with Crippen molar-refractivity contribution < 1.29 is 4.74 Å². The number of ether oxygens (including phenoxy) is 1. The molecule has 0 amide bonds. The number of hydrogen-bond acceptors (Lipinski definition) is 3. The summed E-state index contributed by atoms with van der Waals surface area (Å²) in [6, 6.07) is 15.8. The number of nitrogens with one attached hydrogen (secondary N) is 2. The van der Waals surface area contributed by atoms with Crippen LogP contribution in [0.1, 0.15) is 18.4 Å². The van der Waals surface area contributed by atoms with Crippen LogP contribution in [0.15, 0.2) is 53.3 Å². The van der Waals surface area contributed by atoms with Gasteiger partial charge in [0.05, 0.1) is 5.56 Å². The summed E-state index contributed by atoms with van der Waals surface area (Å²) < 4.78 is 6.05. The molecular formula is C21H22N2O2. The molecule has 2 heterocycles. The molecule has 1 aromatic heterocycles. The average Bonchev–Trinajstić information content (AvgIpc) is 2.64. The second kappa shape index (κ2) is 6.73. The molecule has 0 spiro atoms. The molecule has 0 radical (unpaired) electrons. The predicted octanol–water partition coefficient (Wildman–Crippen LogP) is 3.63. The molecule has 2 aromatic carbocycles. The van der Waals surface area contributed by atoms with E-state index < -0.39 is 0 Å². The summed E-state index contributed by atoms with van der Waals surface area (Å²) in [6.07, 6.45) is 2.34. The fraction of sp³-hybridized carbons (Fsp3) is 0.286. The Morgan fingerprint density at radius 1 is 1.00 bits per heavy atom. The van der Waals surface area contributed by atoms with Crippen molar-refractivity contribution in [2.45, 2.75) is 25.9 Å². The van der Waals surface area contributed by atoms with Gasteiger partial charge in [0.25, 0.3) is 5.56 Å². The van der Waals surface area contributed by atoms with E-state index in [2.05, 4.69) is 10.3 Å². The highest BCUT2D eigenvalue weighted by atomic mass is 16.5. The lowest BCUT2D eigenvalue weighted by Crippen LogP contribution is -2.34. The fourth-order valence-electron chi connectivity index (χ4n) is 3.56. The molecule has 0 atom stereocenters. The van der Waals surface area contributed by atoms with E-state index in [9.17, 15) is 4.79 Å². The molecule has 0 bridgehead atoms. The maximum atomic E-state index is 12.6. The van der Waals surface area contributed by atoms with E-state index in [0.717, 1.165) is 59.3 Å². The molecule has 0 aliphatic carbocycles. The summed E-state index contributed by atoms with van der Waals surface area (Å²) in [5.41, 5.74) is 3.48. The van der Waals surface area contributed by atoms with Crippen LogP contribution >= 0.6 is 0 Å². The zero-order chi connectivity index (χ0) is 17.2. The normalized spacial score (nSPS) is 15.4. The molecule has 1 saturated heterocycles. The molecule has 2 N–H and O–H groups in total. The summed E-state index contributed by atoms with van der Waals surface area (Å²) in [6.45, 7) is 4.02. The van der Waals surface area contributed by atoms with E-state index in [1.807, 2.05) is 55.5 Å². The number of pyridine rings is 1. The number of aromatic nitrogens is 1. The molecule has 1 fully saturated rings. The molecule has 0 saturated carbocycles. The van der Waals surface area contributed by atoms with Crippen molar-refractivity contribution in [1.29, 1.82) is 0 Å². The van der Waals surface area contributed by atoms with Gasteiger partial charge < -0.3 is 15.0 Å². The maximum Gasteiger partial charge on any atom is 0.256 e. The number of H-pyrrole nitrogens is 1. The van der Waals surface area contributed by atoms with Crippen LogP contribution in [0.25, 0.3) is 22.0 Å². The lowest BCUT2D eigenvalue weighted by atomic mass is 9.98. The average molecular weight is 334 g/mol. The fourth-order valence-corrected chi connectivity index (χ4v) is 3.56. The molecule has 3 aromatic rings. The number of aromatic amines is 1. The van der Waals surface area contributed by atoms with E-state index in [4.69, 9.17) is 4.74 Å². The first-order chi connectivity index (χ1) is 12.2. The first-order valence-electron chi connectivity index (χ1n) is 8.82. The molecule has 25 heavy (non-hydrogen) atoms. The summed E-state index contributed by atoms with van der Waals surface area (Å²) >= 11 is 0. The van der Waals surface area contributed by atoms with Gasteiger partial charge in [-0.1, -0.05) is 30.3 Å². The summed E-state index contributed by atoms with van der Waals surface area (Å²) in [7, 11) is 0. The third-order valence-electron chi connectivity index (χ3n) is 4.91. The number of aryl methyl sites for hydroxylation is 1. The minimum absolute atomic E-state index is 0.0526. The van der Waals surface area contributed by atoms with Crippen LogP contribution in [0.2, 0.25) is 0 Å². The van der Waals surface area contributed by atoms with E-state index in [1.54, 1.807) is 0 Å². The van der Waals surface area contributed by atoms with Gasteiger partial charge in [-0.2, -0.15) is 0 Å². The van der Waals surface area contributed by atoms with E-state index >= 15 is 0 Å². The van der Waals surface area contributed by atoms with Crippen LogP contribution < -0.4 is 15.6 Å². The maximum absolute atomic E-state index is 12.6. The highest BCUT2D eigenvalue weighted by molar-refractivity contribution is 5.88. The number of rotatable bonds is 3. The molecule has 1 aliphatic rings. The van der Waals surface area contributed by atoms with Crippen molar-refractivity contribution in [2.24, 2.45) is 0 Å². The third-order valence-corrected chi connectivity index (χ3v) is 4.91. The van der Waals surface area contributed by atoms with Crippen molar-refractivity contribution in [3.05, 3.63) is 64.4 Å². The van der Waals surface area contributed by atoms with Gasteiger partial charge in [-0.25, -0.2) is 0 Å². The van der Waals surface area contributed by atoms with Crippen LogP contribution in [0.4, 0.5) is 0 Å². The Hall–Kier alpha value is -2.59. The van der Waals surface area contributed by atoms with E-state index in [1.165, 1.54) is 0 Å². The Bertz CT molecular complexity index is 938. The summed E-state index contributed by atoms with van der Waals surface area (Å²) in [5, 5.41) is 4.42. The largest absolute Gasteiger partial charge is 0.490 e. The van der Waals surface area contributed by atoms with E-state index in [0.29, 0.717) is 0 Å². The van der Waals surface area contributed by atoms with Crippen LogP contribution in [-0.4, -0.2) is 24.2 Å². The van der Waals surface area contributed by atoms with Crippen molar-refractivity contribution in [2.75, 3.05) is 13.1 Å². The SMILES string of the molecule is Cc1c(-c2ccc(OC3CCNCC3)cc2)c(=O)[nH]c2ccccc12. The summed E-state index contributed by atoms with van der Waals surface area (Å²) in [4.78, 5) is 15.5. The quantitative estimate of drug-likeness (QED) is 0.769. The van der Waals surface area contributed by atoms with Gasteiger partial charge in [-0.3, -0.25) is 4.79 Å². The molecule has 128 valence electrons. The van der Waals surface area contributed by atoms with Crippen molar-refractivity contribution in [3.63, 3.8) is 0 Å². The van der Waals surface area contributed by atoms with Crippen LogP contribution in [0.5, 0.6) is 5.75 Å². The first-order valence-corrected chi connectivity index (χ1v) is 8.82. The van der Waals surface area contributed by atoms with Gasteiger partial charge in [0, 0.05) is 10.9 Å². The van der Waals surface area contributed by atoms with Gasteiger partial charge >= 0.3 is 0 Å². The molecule has 4 heteroatoms. The number of para-hydroxylation sites is 1. The lowest BCUT2D eigenvalue weighted by molar-refractivity contribution is 0.162. The first kappa shape index (κ1) is 15.9. The Labute approximate surface area is 146 Å². The van der Waals surface area contributed by atoms with Gasteiger partial charge in [0.15, 0.2) is 0 Å². The molecule has 4 nitrogen and oxygen atoms in total. The van der Waals surface area contributed by atoms with Crippen molar-refractivity contribution in [1.82, 2.24) is 10.3 Å². The zero-order valence-electron chi connectivity index (χ0n) is 14.3. The second-order valence-electron chi connectivity index (χ2n) is 6.59. The molecule has 4 rings (SSSR count). The van der Waals surface area contributed by atoms with Gasteiger partial charge in [0.2, 0.25) is 0 Å². The second-order valence-corrected chi connectivity index (χ2v) is 6.59. The molecular weight excluding hydrogens is 312 g/mol. The zero-order valence-corrected chi connectivity index (χ0v) is 14.3. The van der Waals surface area contributed by atoms with E-state index in [-0.39, 0.29) is 11.7 Å². The topological polar surface area (TPSA) is 54.1 Å². The minimum atomic E-state index is -0.0526. The highest BCUT2D eigenvalue weighted by Crippen LogP contribution is 2.27. The van der Waals surface area contributed by atoms with Crippen molar-refractivity contribution in [3.8, 4) is 16.9 Å². The predicted molar refractivity (Wildman–Crippen MR) is 101 cm³/mol. The number of benzene rings is 2. The molecule has 0 unspecified atom stereocenters. The third kappa shape index (κ3) is 3.17. The smallest absolute Gasteiger partial charge is 0.256 e. The van der Waals surface area contributed by atoms with Gasteiger partial charge in [-0.15, -0.1) is 0 Å². The van der Waals surface area contributed by atoms with Gasteiger partial charge in [-0.05, 0) is 62.2 Å². The van der Waals surface area contributed by atoms with Crippen molar-refractivity contribution >= 4 is 10.9 Å². The summed E-state index contributed by atoms with van der Waals surface area (Å²) in [5.74, 6) is 0.866. The highest BCUT2D eigenvalue weighted by Gasteiger charge is 2.15. The Balaban J connectivity index is 1.66. The molecule has 1 aliphatic heterocycles. The minimum Gasteiger partial charge on any atom is -0.490 e. The number of piperidine rings is 1. The lowest BCUT2D eigenvalue weighted by Gasteiger charge is -2.23. The number of fused-ring (bicyclic) bond motifs is 1. The van der Waals surface area contributed by atoms with Gasteiger partial charge in [0.1, 0.15) is 11.9 Å². The van der Waals surface area contributed by atoms with Crippen LogP contribution in [0, 0.1) is 6.92 Å². The standard InChI is InChI=1S/C21H22N2O2/c1-14-18-4-2-3-5-19(18)23-21(24)20(14)15-6-8-16(9-7-15)25-17-10-12-22-13-11-17/h2-9,17,22H,10-13H2,1H3,(H,23,24). The Kier molecular flexibility index (Phi) is 4.28. The van der Waals surface area contributed by atoms with Crippen LogP contribution in [0.3, 0.4) is 0 Å². The van der Waals surface area contributed by atoms with Crippen LogP contribution in [-0.2, 0) is 0 Å². The Morgan fingerprint density at radius 2 is 1.72 bits per heavy atom. The number of hydrogen-bond donors (Lipinski definition) is 2.